The van der Waals surface area contributed by atoms with Crippen molar-refractivity contribution in [1.29, 1.82) is 0 Å². The third-order valence-electron chi connectivity index (χ3n) is 2.46. The predicted molar refractivity (Wildman–Crippen MR) is 53.1 cm³/mol. The van der Waals surface area contributed by atoms with Gasteiger partial charge < -0.3 is 0 Å². The molecule has 0 aliphatic heterocycles. The summed E-state index contributed by atoms with van der Waals surface area (Å²) in [4.78, 5) is 0. The van der Waals surface area contributed by atoms with E-state index in [0.29, 0.717) is 11.2 Å². The Morgan fingerprint density at radius 3 is 2.20 bits per heavy atom. The average molecular weight is 174 g/mol. The normalized spacial score (nSPS) is 33.6. The van der Waals surface area contributed by atoms with Crippen LogP contribution in [0.4, 0.5) is 0 Å². The van der Waals surface area contributed by atoms with E-state index in [9.17, 15) is 0 Å². The molecule has 58 valence electrons. The number of hydrogen-bond acceptors (Lipinski definition) is 2. The molecule has 0 radical (unpaired) electrons. The highest BCUT2D eigenvalue weighted by molar-refractivity contribution is 7.81. The first-order chi connectivity index (χ1) is 4.66. The monoisotopic (exact) mass is 174 g/mol. The Morgan fingerprint density at radius 1 is 1.40 bits per heavy atom. The van der Waals surface area contributed by atoms with Gasteiger partial charge >= 0.3 is 0 Å². The molecule has 0 saturated heterocycles. The Morgan fingerprint density at radius 2 is 2.00 bits per heavy atom. The topological polar surface area (TPSA) is 0 Å². The minimum Gasteiger partial charge on any atom is -0.179 e. The van der Waals surface area contributed by atoms with E-state index in [4.69, 9.17) is 0 Å². The Labute approximate surface area is 73.9 Å². The molecule has 1 rings (SSSR count). The highest BCUT2D eigenvalue weighted by Gasteiger charge is 2.24. The fourth-order valence-corrected chi connectivity index (χ4v) is 2.30. The largest absolute Gasteiger partial charge is 0.179 e. The second kappa shape index (κ2) is 3.22. The van der Waals surface area contributed by atoms with Gasteiger partial charge in [0.15, 0.2) is 0 Å². The smallest absolute Gasteiger partial charge is 0.0232 e. The summed E-state index contributed by atoms with van der Waals surface area (Å²) in [6.07, 6.45) is 1.18. The van der Waals surface area contributed by atoms with Gasteiger partial charge in [0.1, 0.15) is 0 Å². The van der Waals surface area contributed by atoms with Crippen LogP contribution in [0.2, 0.25) is 0 Å². The summed E-state index contributed by atoms with van der Waals surface area (Å²) in [6.45, 7) is 4.38. The molecule has 2 atom stereocenters. The second-order valence-electron chi connectivity index (χ2n) is 3.00. The van der Waals surface area contributed by atoms with E-state index in [2.05, 4.69) is 39.1 Å². The van der Waals surface area contributed by atoms with Gasteiger partial charge in [-0.2, -0.15) is 25.3 Å². The molecule has 0 N–H and O–H groups in total. The van der Waals surface area contributed by atoms with Crippen LogP contribution in [0.3, 0.4) is 0 Å². The lowest BCUT2D eigenvalue weighted by molar-refractivity contribution is 0.689. The van der Waals surface area contributed by atoms with Gasteiger partial charge in [-0.15, -0.1) is 0 Å². The predicted octanol–water partition coefficient (Wildman–Crippen LogP) is 2.57. The zero-order valence-corrected chi connectivity index (χ0v) is 8.25. The summed E-state index contributed by atoms with van der Waals surface area (Å²) in [5.41, 5.74) is 2.97. The molecule has 2 unspecified atom stereocenters. The molecule has 0 aromatic rings. The molecule has 2 heteroatoms. The molecular formula is C8H14S2. The Balaban J connectivity index is 2.73. The van der Waals surface area contributed by atoms with E-state index in [0.717, 1.165) is 5.75 Å². The third kappa shape index (κ3) is 1.37. The van der Waals surface area contributed by atoms with Gasteiger partial charge in [0.05, 0.1) is 0 Å². The molecule has 0 fully saturated rings. The molecule has 10 heavy (non-hydrogen) atoms. The number of rotatable bonds is 1. The van der Waals surface area contributed by atoms with Crippen molar-refractivity contribution in [1.82, 2.24) is 0 Å². The van der Waals surface area contributed by atoms with Gasteiger partial charge in [0.25, 0.3) is 0 Å². The number of thiol groups is 2. The second-order valence-corrected chi connectivity index (χ2v) is 3.99. The summed E-state index contributed by atoms with van der Waals surface area (Å²) in [5.74, 6) is 1.66. The number of hydrogen-bond donors (Lipinski definition) is 2. The van der Waals surface area contributed by atoms with Crippen molar-refractivity contribution in [2.45, 2.75) is 25.5 Å². The van der Waals surface area contributed by atoms with Crippen LogP contribution in [0, 0.1) is 5.92 Å². The lowest BCUT2D eigenvalue weighted by Crippen LogP contribution is -2.00. The maximum atomic E-state index is 4.47. The van der Waals surface area contributed by atoms with E-state index in [1.807, 2.05) is 0 Å². The fourth-order valence-electron chi connectivity index (χ4n) is 1.42. The summed E-state index contributed by atoms with van der Waals surface area (Å²) in [5, 5.41) is 0.497. The summed E-state index contributed by atoms with van der Waals surface area (Å²) in [7, 11) is 0. The first-order valence-corrected chi connectivity index (χ1v) is 4.78. The van der Waals surface area contributed by atoms with E-state index in [-0.39, 0.29) is 0 Å². The molecule has 0 nitrogen and oxygen atoms in total. The van der Waals surface area contributed by atoms with Crippen LogP contribution in [0.1, 0.15) is 20.3 Å². The minimum absolute atomic E-state index is 0.497. The SMILES string of the molecule is CC1=C(C)C(CS)CC1S. The summed E-state index contributed by atoms with van der Waals surface area (Å²) in [6, 6.07) is 0. The van der Waals surface area contributed by atoms with E-state index < -0.39 is 0 Å². The number of allylic oxidation sites excluding steroid dienone is 1. The van der Waals surface area contributed by atoms with Gasteiger partial charge in [-0.05, 0) is 31.9 Å². The maximum Gasteiger partial charge on any atom is 0.0232 e. The molecule has 0 aromatic heterocycles. The lowest BCUT2D eigenvalue weighted by Gasteiger charge is -2.06. The molecule has 0 heterocycles. The van der Waals surface area contributed by atoms with E-state index in [1.165, 1.54) is 17.6 Å². The zero-order valence-electron chi connectivity index (χ0n) is 6.46. The van der Waals surface area contributed by atoms with Crippen molar-refractivity contribution in [3.05, 3.63) is 11.1 Å². The molecular weight excluding hydrogens is 160 g/mol. The Bertz CT molecular complexity index is 161. The Kier molecular flexibility index (Phi) is 2.75. The van der Waals surface area contributed by atoms with Crippen LogP contribution in [0.25, 0.3) is 0 Å². The first kappa shape index (κ1) is 8.54. The van der Waals surface area contributed by atoms with Crippen molar-refractivity contribution in [2.24, 2.45) is 5.92 Å². The van der Waals surface area contributed by atoms with Crippen molar-refractivity contribution < 1.29 is 0 Å². The molecule has 1 aliphatic rings. The van der Waals surface area contributed by atoms with Crippen molar-refractivity contribution in [2.75, 3.05) is 5.75 Å². The minimum atomic E-state index is 0.497. The zero-order chi connectivity index (χ0) is 7.72. The van der Waals surface area contributed by atoms with Gasteiger partial charge in [-0.1, -0.05) is 11.1 Å². The van der Waals surface area contributed by atoms with Crippen LogP contribution in [0.5, 0.6) is 0 Å². The molecule has 0 saturated carbocycles. The van der Waals surface area contributed by atoms with E-state index in [1.54, 1.807) is 0 Å². The summed E-state index contributed by atoms with van der Waals surface area (Å²) < 4.78 is 0. The van der Waals surface area contributed by atoms with E-state index >= 15 is 0 Å². The molecule has 0 aromatic carbocycles. The molecule has 1 aliphatic carbocycles. The standard InChI is InChI=1S/C8H14S2/c1-5-6(2)8(10)3-7(5)4-9/h7-10H,3-4H2,1-2H3. The highest BCUT2D eigenvalue weighted by atomic mass is 32.1. The van der Waals surface area contributed by atoms with Crippen molar-refractivity contribution in [3.63, 3.8) is 0 Å². The maximum absolute atomic E-state index is 4.47. The fraction of sp³-hybridized carbons (Fsp3) is 0.750. The summed E-state index contributed by atoms with van der Waals surface area (Å²) >= 11 is 8.76. The quantitative estimate of drug-likeness (QED) is 0.443. The van der Waals surface area contributed by atoms with Crippen LogP contribution < -0.4 is 0 Å². The van der Waals surface area contributed by atoms with Crippen LogP contribution in [-0.4, -0.2) is 11.0 Å². The van der Waals surface area contributed by atoms with Crippen LogP contribution >= 0.6 is 25.3 Å². The van der Waals surface area contributed by atoms with Crippen LogP contribution in [-0.2, 0) is 0 Å². The highest BCUT2D eigenvalue weighted by Crippen LogP contribution is 2.35. The molecule has 0 spiro atoms. The molecule has 0 bridgehead atoms. The average Bonchev–Trinajstić information content (AvgIpc) is 2.17. The molecule has 0 amide bonds. The van der Waals surface area contributed by atoms with Gasteiger partial charge in [-0.3, -0.25) is 0 Å². The van der Waals surface area contributed by atoms with Gasteiger partial charge in [-0.25, -0.2) is 0 Å². The van der Waals surface area contributed by atoms with Gasteiger partial charge in [0.2, 0.25) is 0 Å². The Hall–Kier alpha value is 0.440. The lowest BCUT2D eigenvalue weighted by atomic mass is 10.1. The van der Waals surface area contributed by atoms with Gasteiger partial charge in [0, 0.05) is 5.25 Å². The first-order valence-electron chi connectivity index (χ1n) is 3.63. The van der Waals surface area contributed by atoms with Crippen LogP contribution in [0.15, 0.2) is 11.1 Å². The van der Waals surface area contributed by atoms with Crippen molar-refractivity contribution in [3.8, 4) is 0 Å². The third-order valence-corrected chi connectivity index (χ3v) is 3.50. The van der Waals surface area contributed by atoms with Crippen molar-refractivity contribution >= 4 is 25.3 Å².